The number of carbonyl (C=O) groups is 2. The number of benzene rings is 1. The molecule has 0 aliphatic rings. The molecule has 5 nitrogen and oxygen atoms in total. The van der Waals surface area contributed by atoms with Crippen LogP contribution in [0.5, 0.6) is 5.75 Å². The molecule has 0 aliphatic heterocycles. The summed E-state index contributed by atoms with van der Waals surface area (Å²) in [5.41, 5.74) is 1.20. The van der Waals surface area contributed by atoms with Gasteiger partial charge >= 0.3 is 5.97 Å². The second-order valence-corrected chi connectivity index (χ2v) is 4.58. The molecule has 0 fully saturated rings. The molecule has 0 aliphatic carbocycles. The standard InChI is InChI=1S/C15H21NO4/c1-3-12-6-4-7-13(10-12)20-9-5-8-14(17)16-11(2)15(18)19/h4,6-7,10-11H,3,5,8-9H2,1-2H3,(H,16,17)(H,18,19). The van der Waals surface area contributed by atoms with Crippen molar-refractivity contribution in [2.45, 2.75) is 39.2 Å². The van der Waals surface area contributed by atoms with Crippen LogP contribution < -0.4 is 10.1 Å². The fourth-order valence-electron chi connectivity index (χ4n) is 1.65. The Hall–Kier alpha value is -2.04. The van der Waals surface area contributed by atoms with Gasteiger partial charge in [0.1, 0.15) is 11.8 Å². The summed E-state index contributed by atoms with van der Waals surface area (Å²) >= 11 is 0. The van der Waals surface area contributed by atoms with Gasteiger partial charge in [0, 0.05) is 6.42 Å². The quantitative estimate of drug-likeness (QED) is 0.714. The van der Waals surface area contributed by atoms with E-state index in [1.54, 1.807) is 0 Å². The zero-order valence-corrected chi connectivity index (χ0v) is 11.9. The SMILES string of the molecule is CCc1cccc(OCCCC(=O)NC(C)C(=O)O)c1. The minimum absolute atomic E-state index is 0.255. The number of rotatable bonds is 8. The average molecular weight is 279 g/mol. The lowest BCUT2D eigenvalue weighted by Gasteiger charge is -2.10. The van der Waals surface area contributed by atoms with Gasteiger partial charge in [-0.15, -0.1) is 0 Å². The van der Waals surface area contributed by atoms with Crippen molar-refractivity contribution in [2.24, 2.45) is 0 Å². The van der Waals surface area contributed by atoms with Crippen LogP contribution in [0, 0.1) is 0 Å². The second kappa shape index (κ2) is 8.19. The highest BCUT2D eigenvalue weighted by molar-refractivity contribution is 5.83. The Balaban J connectivity index is 2.24. The molecule has 0 aromatic heterocycles. The van der Waals surface area contributed by atoms with E-state index in [1.807, 2.05) is 24.3 Å². The molecule has 1 unspecified atom stereocenters. The first-order valence-corrected chi connectivity index (χ1v) is 6.76. The third-order valence-electron chi connectivity index (χ3n) is 2.87. The minimum atomic E-state index is -1.04. The van der Waals surface area contributed by atoms with Crippen LogP contribution in [0.15, 0.2) is 24.3 Å². The van der Waals surface area contributed by atoms with E-state index in [1.165, 1.54) is 12.5 Å². The number of hydrogen-bond acceptors (Lipinski definition) is 3. The first-order chi connectivity index (χ1) is 9.52. The van der Waals surface area contributed by atoms with Gasteiger partial charge in [-0.2, -0.15) is 0 Å². The third-order valence-corrected chi connectivity index (χ3v) is 2.87. The van der Waals surface area contributed by atoms with Crippen LogP contribution in [0.1, 0.15) is 32.3 Å². The fraction of sp³-hybridized carbons (Fsp3) is 0.467. The van der Waals surface area contributed by atoms with E-state index in [0.29, 0.717) is 13.0 Å². The highest BCUT2D eigenvalue weighted by Crippen LogP contribution is 2.14. The maximum Gasteiger partial charge on any atom is 0.325 e. The molecule has 1 atom stereocenters. The molecule has 0 spiro atoms. The van der Waals surface area contributed by atoms with Gasteiger partial charge in [-0.05, 0) is 37.5 Å². The molecule has 5 heteroatoms. The molecular formula is C15H21NO4. The average Bonchev–Trinajstić information content (AvgIpc) is 2.43. The van der Waals surface area contributed by atoms with Crippen LogP contribution in [-0.2, 0) is 16.0 Å². The van der Waals surface area contributed by atoms with Crippen molar-refractivity contribution in [1.82, 2.24) is 5.32 Å². The number of ether oxygens (including phenoxy) is 1. The number of nitrogens with one attached hydrogen (secondary N) is 1. The number of carboxylic acid groups (broad SMARTS) is 1. The molecule has 0 bridgehead atoms. The summed E-state index contributed by atoms with van der Waals surface area (Å²) in [6.45, 7) is 3.95. The van der Waals surface area contributed by atoms with Crippen molar-refractivity contribution in [3.63, 3.8) is 0 Å². The Labute approximate surface area is 118 Å². The van der Waals surface area contributed by atoms with Crippen LogP contribution in [0.2, 0.25) is 0 Å². The molecule has 1 aromatic carbocycles. The van der Waals surface area contributed by atoms with Gasteiger partial charge in [-0.3, -0.25) is 9.59 Å². The number of hydrogen-bond donors (Lipinski definition) is 2. The summed E-state index contributed by atoms with van der Waals surface area (Å²) in [4.78, 5) is 22.0. The Kier molecular flexibility index (Phi) is 6.56. The van der Waals surface area contributed by atoms with Crippen molar-refractivity contribution in [3.8, 4) is 5.75 Å². The van der Waals surface area contributed by atoms with Crippen LogP contribution in [0.25, 0.3) is 0 Å². The lowest BCUT2D eigenvalue weighted by molar-refractivity contribution is -0.141. The number of aliphatic carboxylic acids is 1. The van der Waals surface area contributed by atoms with E-state index in [-0.39, 0.29) is 12.3 Å². The van der Waals surface area contributed by atoms with Gasteiger partial charge in [0.2, 0.25) is 5.91 Å². The van der Waals surface area contributed by atoms with Crippen molar-refractivity contribution >= 4 is 11.9 Å². The first-order valence-electron chi connectivity index (χ1n) is 6.76. The molecule has 20 heavy (non-hydrogen) atoms. The van der Waals surface area contributed by atoms with Crippen LogP contribution in [0.4, 0.5) is 0 Å². The Morgan fingerprint density at radius 2 is 2.15 bits per heavy atom. The monoisotopic (exact) mass is 279 g/mol. The summed E-state index contributed by atoms with van der Waals surface area (Å²) in [7, 11) is 0. The predicted octanol–water partition coefficient (Wildman–Crippen LogP) is 2.00. The van der Waals surface area contributed by atoms with Crippen molar-refractivity contribution < 1.29 is 19.4 Å². The number of carbonyl (C=O) groups excluding carboxylic acids is 1. The minimum Gasteiger partial charge on any atom is -0.494 e. The summed E-state index contributed by atoms with van der Waals surface area (Å²) in [5, 5.41) is 11.1. The molecule has 2 N–H and O–H groups in total. The zero-order valence-electron chi connectivity index (χ0n) is 11.9. The fourth-order valence-corrected chi connectivity index (χ4v) is 1.65. The van der Waals surface area contributed by atoms with Gasteiger partial charge < -0.3 is 15.2 Å². The van der Waals surface area contributed by atoms with Gasteiger partial charge in [-0.25, -0.2) is 0 Å². The van der Waals surface area contributed by atoms with Gasteiger partial charge in [0.25, 0.3) is 0 Å². The van der Waals surface area contributed by atoms with Gasteiger partial charge in [0.15, 0.2) is 0 Å². The Morgan fingerprint density at radius 3 is 2.80 bits per heavy atom. The van der Waals surface area contributed by atoms with Crippen LogP contribution in [0.3, 0.4) is 0 Å². The zero-order chi connectivity index (χ0) is 15.0. The summed E-state index contributed by atoms with van der Waals surface area (Å²) in [6, 6.07) is 6.98. The van der Waals surface area contributed by atoms with Gasteiger partial charge in [0.05, 0.1) is 6.61 Å². The molecule has 1 aromatic rings. The topological polar surface area (TPSA) is 75.6 Å². The molecule has 1 rings (SSSR count). The molecular weight excluding hydrogens is 258 g/mol. The molecule has 0 saturated carbocycles. The predicted molar refractivity (Wildman–Crippen MR) is 75.8 cm³/mol. The van der Waals surface area contributed by atoms with E-state index in [4.69, 9.17) is 9.84 Å². The highest BCUT2D eigenvalue weighted by Gasteiger charge is 2.13. The lowest BCUT2D eigenvalue weighted by atomic mass is 10.2. The third kappa shape index (κ3) is 5.73. The largest absolute Gasteiger partial charge is 0.494 e. The van der Waals surface area contributed by atoms with E-state index in [0.717, 1.165) is 12.2 Å². The Morgan fingerprint density at radius 1 is 1.40 bits per heavy atom. The van der Waals surface area contributed by atoms with Crippen LogP contribution in [-0.4, -0.2) is 29.6 Å². The van der Waals surface area contributed by atoms with Crippen molar-refractivity contribution in [3.05, 3.63) is 29.8 Å². The van der Waals surface area contributed by atoms with E-state index in [2.05, 4.69) is 12.2 Å². The number of amides is 1. The van der Waals surface area contributed by atoms with Crippen molar-refractivity contribution in [1.29, 1.82) is 0 Å². The maximum atomic E-state index is 11.4. The summed E-state index contributed by atoms with van der Waals surface area (Å²) in [6.07, 6.45) is 1.76. The summed E-state index contributed by atoms with van der Waals surface area (Å²) < 4.78 is 5.56. The van der Waals surface area contributed by atoms with E-state index < -0.39 is 12.0 Å². The normalized spacial score (nSPS) is 11.7. The molecule has 0 saturated heterocycles. The van der Waals surface area contributed by atoms with E-state index in [9.17, 15) is 9.59 Å². The lowest BCUT2D eigenvalue weighted by Crippen LogP contribution is -2.38. The van der Waals surface area contributed by atoms with Crippen LogP contribution >= 0.6 is 0 Å². The molecule has 1 amide bonds. The molecule has 0 radical (unpaired) electrons. The van der Waals surface area contributed by atoms with Crippen molar-refractivity contribution in [2.75, 3.05) is 6.61 Å². The summed E-state index contributed by atoms with van der Waals surface area (Å²) in [5.74, 6) is -0.513. The molecule has 0 heterocycles. The smallest absolute Gasteiger partial charge is 0.325 e. The first kappa shape index (κ1) is 16.0. The second-order valence-electron chi connectivity index (χ2n) is 4.58. The van der Waals surface area contributed by atoms with E-state index >= 15 is 0 Å². The molecule has 110 valence electrons. The number of carboxylic acids is 1. The Bertz CT molecular complexity index is 459. The maximum absolute atomic E-state index is 11.4. The van der Waals surface area contributed by atoms with Gasteiger partial charge in [-0.1, -0.05) is 19.1 Å². The number of aryl methyl sites for hydroxylation is 1. The highest BCUT2D eigenvalue weighted by atomic mass is 16.5.